The Morgan fingerprint density at radius 2 is 2.11 bits per heavy atom. The fourth-order valence-corrected chi connectivity index (χ4v) is 1.73. The van der Waals surface area contributed by atoms with E-state index in [0.717, 1.165) is 18.4 Å². The summed E-state index contributed by atoms with van der Waals surface area (Å²) in [6, 6.07) is 4.73. The maximum absolute atomic E-state index is 11.6. The van der Waals surface area contributed by atoms with Crippen molar-refractivity contribution in [2.75, 3.05) is 12.4 Å². The molecule has 0 spiro atoms. The van der Waals surface area contributed by atoms with Gasteiger partial charge in [-0.1, -0.05) is 0 Å². The van der Waals surface area contributed by atoms with E-state index in [2.05, 4.69) is 5.32 Å². The third kappa shape index (κ3) is 3.07. The molecule has 1 aromatic rings. The number of carbonyl (C=O) groups is 2. The summed E-state index contributed by atoms with van der Waals surface area (Å²) in [5.74, 6) is -0.972. The quantitative estimate of drug-likeness (QED) is 0.835. The van der Waals surface area contributed by atoms with Gasteiger partial charge in [-0.3, -0.25) is 4.79 Å². The number of aromatic carboxylic acids is 1. The number of rotatable bonds is 5. The molecule has 18 heavy (non-hydrogen) atoms. The van der Waals surface area contributed by atoms with Crippen molar-refractivity contribution in [3.8, 4) is 0 Å². The molecule has 5 heteroatoms. The molecular formula is C13H15NO4. The summed E-state index contributed by atoms with van der Waals surface area (Å²) < 4.78 is 4.98. The van der Waals surface area contributed by atoms with Crippen molar-refractivity contribution >= 4 is 17.6 Å². The number of carboxylic acids is 1. The van der Waals surface area contributed by atoms with Crippen LogP contribution in [0.3, 0.4) is 0 Å². The topological polar surface area (TPSA) is 75.6 Å². The Morgan fingerprint density at radius 3 is 2.67 bits per heavy atom. The van der Waals surface area contributed by atoms with Crippen LogP contribution in [0.5, 0.6) is 0 Å². The van der Waals surface area contributed by atoms with Gasteiger partial charge in [-0.15, -0.1) is 0 Å². The summed E-state index contributed by atoms with van der Waals surface area (Å²) in [6.07, 6.45) is 1.82. The van der Waals surface area contributed by atoms with Gasteiger partial charge in [-0.05, 0) is 36.6 Å². The molecule has 1 aliphatic carbocycles. The van der Waals surface area contributed by atoms with Gasteiger partial charge in [-0.25, -0.2) is 4.79 Å². The van der Waals surface area contributed by atoms with Crippen molar-refractivity contribution in [3.63, 3.8) is 0 Å². The Balaban J connectivity index is 2.21. The first-order valence-corrected chi connectivity index (χ1v) is 5.77. The van der Waals surface area contributed by atoms with E-state index in [-0.39, 0.29) is 17.4 Å². The third-order valence-electron chi connectivity index (χ3n) is 2.77. The highest BCUT2D eigenvalue weighted by Gasteiger charge is 2.29. The van der Waals surface area contributed by atoms with Crippen molar-refractivity contribution in [2.24, 2.45) is 5.92 Å². The van der Waals surface area contributed by atoms with Crippen LogP contribution in [0.4, 0.5) is 5.69 Å². The lowest BCUT2D eigenvalue weighted by Gasteiger charge is -2.08. The molecular weight excluding hydrogens is 234 g/mol. The molecule has 1 aromatic carbocycles. The number of carbonyl (C=O) groups excluding carboxylic acids is 1. The lowest BCUT2D eigenvalue weighted by atomic mass is 10.1. The number of nitrogens with one attached hydrogen (secondary N) is 1. The monoisotopic (exact) mass is 249 g/mol. The normalized spacial score (nSPS) is 14.3. The van der Waals surface area contributed by atoms with Crippen molar-refractivity contribution in [1.29, 1.82) is 0 Å². The first-order chi connectivity index (χ1) is 8.60. The lowest BCUT2D eigenvalue weighted by Crippen LogP contribution is -2.14. The van der Waals surface area contributed by atoms with Crippen LogP contribution in [-0.2, 0) is 16.1 Å². The molecule has 1 amide bonds. The molecule has 2 rings (SSSR count). The van der Waals surface area contributed by atoms with E-state index in [0.29, 0.717) is 12.3 Å². The molecule has 96 valence electrons. The lowest BCUT2D eigenvalue weighted by molar-refractivity contribution is -0.117. The second-order valence-electron chi connectivity index (χ2n) is 4.42. The van der Waals surface area contributed by atoms with E-state index in [1.165, 1.54) is 13.2 Å². The van der Waals surface area contributed by atoms with Crippen LogP contribution >= 0.6 is 0 Å². The minimum Gasteiger partial charge on any atom is -0.478 e. The van der Waals surface area contributed by atoms with Crippen LogP contribution in [0.2, 0.25) is 0 Å². The molecule has 0 saturated heterocycles. The van der Waals surface area contributed by atoms with Crippen molar-refractivity contribution in [1.82, 2.24) is 0 Å². The molecule has 2 N–H and O–H groups in total. The number of amides is 1. The molecule has 0 unspecified atom stereocenters. The second kappa shape index (κ2) is 5.18. The van der Waals surface area contributed by atoms with Crippen LogP contribution in [0.1, 0.15) is 28.8 Å². The van der Waals surface area contributed by atoms with Gasteiger partial charge < -0.3 is 15.2 Å². The maximum atomic E-state index is 11.6. The van der Waals surface area contributed by atoms with Gasteiger partial charge in [0.2, 0.25) is 5.91 Å². The first kappa shape index (κ1) is 12.6. The smallest absolute Gasteiger partial charge is 0.335 e. The maximum Gasteiger partial charge on any atom is 0.335 e. The molecule has 1 fully saturated rings. The van der Waals surface area contributed by atoms with Gasteiger partial charge in [0, 0.05) is 18.7 Å². The Morgan fingerprint density at radius 1 is 1.39 bits per heavy atom. The number of benzene rings is 1. The Bertz CT molecular complexity index is 480. The van der Waals surface area contributed by atoms with E-state index in [1.54, 1.807) is 12.1 Å². The van der Waals surface area contributed by atoms with Crippen LogP contribution in [0, 0.1) is 5.92 Å². The summed E-state index contributed by atoms with van der Waals surface area (Å²) in [6.45, 7) is 0.313. The predicted octanol–water partition coefficient (Wildman–Crippen LogP) is 1.88. The summed E-state index contributed by atoms with van der Waals surface area (Å²) in [4.78, 5) is 22.6. The molecule has 0 bridgehead atoms. The fourth-order valence-electron chi connectivity index (χ4n) is 1.73. The minimum absolute atomic E-state index is 0.0408. The summed E-state index contributed by atoms with van der Waals surface area (Å²) in [7, 11) is 1.54. The van der Waals surface area contributed by atoms with Crippen molar-refractivity contribution in [3.05, 3.63) is 29.3 Å². The van der Waals surface area contributed by atoms with Crippen LogP contribution in [-0.4, -0.2) is 24.1 Å². The highest BCUT2D eigenvalue weighted by atomic mass is 16.5. The standard InChI is InChI=1S/C13H15NO4/c1-18-7-8-4-10(13(16)17)6-11(5-8)14-12(15)9-2-3-9/h4-6,9H,2-3,7H2,1H3,(H,14,15)(H,16,17). The average Bonchev–Trinajstić information content (AvgIpc) is 3.12. The molecule has 0 aliphatic heterocycles. The van der Waals surface area contributed by atoms with Crippen molar-refractivity contribution in [2.45, 2.75) is 19.4 Å². The molecule has 0 aromatic heterocycles. The number of anilines is 1. The van der Waals surface area contributed by atoms with Crippen LogP contribution in [0.15, 0.2) is 18.2 Å². The molecule has 0 heterocycles. The number of hydrogen-bond acceptors (Lipinski definition) is 3. The van der Waals surface area contributed by atoms with E-state index >= 15 is 0 Å². The number of carboxylic acid groups (broad SMARTS) is 1. The first-order valence-electron chi connectivity index (χ1n) is 5.77. The third-order valence-corrected chi connectivity index (χ3v) is 2.77. The second-order valence-corrected chi connectivity index (χ2v) is 4.42. The Hall–Kier alpha value is -1.88. The highest BCUT2D eigenvalue weighted by molar-refractivity contribution is 5.96. The summed E-state index contributed by atoms with van der Waals surface area (Å²) >= 11 is 0. The Kier molecular flexibility index (Phi) is 3.62. The molecule has 0 radical (unpaired) electrons. The minimum atomic E-state index is -1.02. The van der Waals surface area contributed by atoms with Crippen LogP contribution < -0.4 is 5.32 Å². The molecule has 1 saturated carbocycles. The highest BCUT2D eigenvalue weighted by Crippen LogP contribution is 2.30. The SMILES string of the molecule is COCc1cc(NC(=O)C2CC2)cc(C(=O)O)c1. The van der Waals surface area contributed by atoms with E-state index in [4.69, 9.17) is 9.84 Å². The van der Waals surface area contributed by atoms with Gasteiger partial charge in [0.1, 0.15) is 0 Å². The summed E-state index contributed by atoms with van der Waals surface area (Å²) in [5.41, 5.74) is 1.39. The zero-order chi connectivity index (χ0) is 13.1. The molecule has 5 nitrogen and oxygen atoms in total. The van der Waals surface area contributed by atoms with E-state index in [1.807, 2.05) is 0 Å². The average molecular weight is 249 g/mol. The van der Waals surface area contributed by atoms with E-state index < -0.39 is 5.97 Å². The largest absolute Gasteiger partial charge is 0.478 e. The van der Waals surface area contributed by atoms with E-state index in [9.17, 15) is 9.59 Å². The fraction of sp³-hybridized carbons (Fsp3) is 0.385. The zero-order valence-corrected chi connectivity index (χ0v) is 10.1. The van der Waals surface area contributed by atoms with Gasteiger partial charge in [0.25, 0.3) is 0 Å². The summed E-state index contributed by atoms with van der Waals surface area (Å²) in [5, 5.41) is 11.7. The molecule has 1 aliphatic rings. The van der Waals surface area contributed by atoms with Gasteiger partial charge >= 0.3 is 5.97 Å². The number of methoxy groups -OCH3 is 1. The van der Waals surface area contributed by atoms with Crippen LogP contribution in [0.25, 0.3) is 0 Å². The number of hydrogen-bond donors (Lipinski definition) is 2. The Labute approximate surface area is 105 Å². The van der Waals surface area contributed by atoms with Crippen molar-refractivity contribution < 1.29 is 19.4 Å². The van der Waals surface area contributed by atoms with Gasteiger partial charge in [0.05, 0.1) is 12.2 Å². The zero-order valence-electron chi connectivity index (χ0n) is 10.1. The predicted molar refractivity (Wildman–Crippen MR) is 65.5 cm³/mol. The number of ether oxygens (including phenoxy) is 1. The van der Waals surface area contributed by atoms with Gasteiger partial charge in [-0.2, -0.15) is 0 Å². The van der Waals surface area contributed by atoms with Gasteiger partial charge in [0.15, 0.2) is 0 Å². The molecule has 0 atom stereocenters.